The van der Waals surface area contributed by atoms with Crippen molar-refractivity contribution in [1.29, 1.82) is 0 Å². The Kier molecular flexibility index (Phi) is 6.38. The van der Waals surface area contributed by atoms with Crippen molar-refractivity contribution in [3.05, 3.63) is 78.4 Å². The summed E-state index contributed by atoms with van der Waals surface area (Å²) in [5.74, 6) is 0. The average Bonchev–Trinajstić information content (AvgIpc) is 2.66. The summed E-state index contributed by atoms with van der Waals surface area (Å²) in [5, 5.41) is 0. The van der Waals surface area contributed by atoms with E-state index in [1.54, 1.807) is 13.7 Å². The normalized spacial score (nSPS) is 24.0. The number of rotatable bonds is 7. The summed E-state index contributed by atoms with van der Waals surface area (Å²) in [6.07, 6.45) is -0.614. The molecule has 24 heavy (non-hydrogen) atoms. The highest BCUT2D eigenvalue weighted by atomic mass is 16.6. The van der Waals surface area contributed by atoms with E-state index in [9.17, 15) is 0 Å². The first-order valence-electron chi connectivity index (χ1n) is 8.15. The van der Waals surface area contributed by atoms with Crippen LogP contribution in [0.4, 0.5) is 0 Å². The minimum atomic E-state index is -0.260. The Bertz CT molecular complexity index is 536. The Morgan fingerprint density at radius 2 is 1.46 bits per heavy atom. The quantitative estimate of drug-likeness (QED) is 0.781. The van der Waals surface area contributed by atoms with Gasteiger partial charge in [0.1, 0.15) is 24.9 Å². The number of ether oxygens (including phenoxy) is 4. The van der Waals surface area contributed by atoms with Crippen molar-refractivity contribution in [3.8, 4) is 0 Å². The van der Waals surface area contributed by atoms with Crippen LogP contribution in [0.25, 0.3) is 0 Å². The standard InChI is InChI=1S/C20H23O4/c1-21-20-18(23-12-16-8-4-2-5-9-16)14-22-15-19(20)24-13-17-10-6-3-7-11-17/h2-11,14,18-20H,12-13,15H2,1H3/t18-,19+,20+/m0/s1. The first-order chi connectivity index (χ1) is 11.9. The molecule has 4 heteroatoms. The van der Waals surface area contributed by atoms with Crippen molar-refractivity contribution in [2.45, 2.75) is 31.5 Å². The van der Waals surface area contributed by atoms with Crippen LogP contribution < -0.4 is 0 Å². The van der Waals surface area contributed by atoms with Crippen molar-refractivity contribution in [1.82, 2.24) is 0 Å². The van der Waals surface area contributed by atoms with Gasteiger partial charge in [-0.15, -0.1) is 0 Å². The Hall–Kier alpha value is -1.72. The molecule has 0 aliphatic carbocycles. The predicted octanol–water partition coefficient (Wildman–Crippen LogP) is 3.36. The maximum Gasteiger partial charge on any atom is 0.115 e. The molecule has 1 heterocycles. The fourth-order valence-corrected chi connectivity index (χ4v) is 2.74. The van der Waals surface area contributed by atoms with Crippen molar-refractivity contribution >= 4 is 0 Å². The van der Waals surface area contributed by atoms with Crippen molar-refractivity contribution < 1.29 is 18.9 Å². The van der Waals surface area contributed by atoms with E-state index < -0.39 is 0 Å². The molecule has 4 nitrogen and oxygen atoms in total. The second kappa shape index (κ2) is 8.94. The highest BCUT2D eigenvalue weighted by molar-refractivity contribution is 5.14. The van der Waals surface area contributed by atoms with Crippen LogP contribution in [0, 0.1) is 6.61 Å². The van der Waals surface area contributed by atoms with E-state index in [2.05, 4.69) is 0 Å². The Labute approximate surface area is 143 Å². The third-order valence-electron chi connectivity index (χ3n) is 4.05. The zero-order chi connectivity index (χ0) is 16.6. The summed E-state index contributed by atoms with van der Waals surface area (Å²) < 4.78 is 23.2. The molecule has 0 saturated carbocycles. The zero-order valence-corrected chi connectivity index (χ0v) is 13.8. The number of benzene rings is 2. The fraction of sp³-hybridized carbons (Fsp3) is 0.350. The number of methoxy groups -OCH3 is 1. The third kappa shape index (κ3) is 4.65. The second-order valence-corrected chi connectivity index (χ2v) is 5.77. The van der Waals surface area contributed by atoms with Crippen molar-refractivity contribution in [2.24, 2.45) is 0 Å². The van der Waals surface area contributed by atoms with Gasteiger partial charge in [-0.05, 0) is 11.1 Å². The first-order valence-corrected chi connectivity index (χ1v) is 8.15. The lowest BCUT2D eigenvalue weighted by molar-refractivity contribution is -0.180. The van der Waals surface area contributed by atoms with Gasteiger partial charge in [0.05, 0.1) is 19.8 Å². The lowest BCUT2D eigenvalue weighted by atomic mass is 10.1. The minimum Gasteiger partial charge on any atom is -0.376 e. The van der Waals surface area contributed by atoms with Gasteiger partial charge in [-0.3, -0.25) is 0 Å². The average molecular weight is 327 g/mol. The van der Waals surface area contributed by atoms with Crippen molar-refractivity contribution in [2.75, 3.05) is 13.7 Å². The van der Waals surface area contributed by atoms with Gasteiger partial charge in [0.15, 0.2) is 0 Å². The van der Waals surface area contributed by atoms with Crippen LogP contribution in [-0.4, -0.2) is 32.0 Å². The van der Waals surface area contributed by atoms with E-state index >= 15 is 0 Å². The molecule has 1 radical (unpaired) electrons. The SMILES string of the molecule is CO[C@@H]1[C@@H](OCc2ccccc2)[CH]OC[C@H]1OCc1ccccc1. The Morgan fingerprint density at radius 3 is 2.04 bits per heavy atom. The zero-order valence-electron chi connectivity index (χ0n) is 13.8. The molecule has 2 aromatic carbocycles. The molecule has 2 aromatic rings. The minimum absolute atomic E-state index is 0.166. The molecule has 0 bridgehead atoms. The largest absolute Gasteiger partial charge is 0.376 e. The predicted molar refractivity (Wildman–Crippen MR) is 91.1 cm³/mol. The molecule has 0 spiro atoms. The molecule has 0 unspecified atom stereocenters. The highest BCUT2D eigenvalue weighted by Crippen LogP contribution is 2.22. The van der Waals surface area contributed by atoms with Gasteiger partial charge in [0, 0.05) is 7.11 Å². The smallest absolute Gasteiger partial charge is 0.115 e. The molecular formula is C20H23O4. The maximum absolute atomic E-state index is 6.00. The first kappa shape index (κ1) is 17.1. The topological polar surface area (TPSA) is 36.9 Å². The van der Waals surface area contributed by atoms with Crippen LogP contribution in [-0.2, 0) is 32.2 Å². The highest BCUT2D eigenvalue weighted by Gasteiger charge is 2.36. The van der Waals surface area contributed by atoms with E-state index in [1.165, 1.54) is 0 Å². The molecule has 3 rings (SSSR count). The van der Waals surface area contributed by atoms with Gasteiger partial charge < -0.3 is 18.9 Å². The second-order valence-electron chi connectivity index (χ2n) is 5.77. The van der Waals surface area contributed by atoms with Crippen LogP contribution in [0.5, 0.6) is 0 Å². The molecule has 0 N–H and O–H groups in total. The van der Waals surface area contributed by atoms with Gasteiger partial charge in [0.25, 0.3) is 0 Å². The monoisotopic (exact) mass is 327 g/mol. The van der Waals surface area contributed by atoms with Crippen LogP contribution in [0.3, 0.4) is 0 Å². The Balaban J connectivity index is 1.55. The summed E-state index contributed by atoms with van der Waals surface area (Å²) in [4.78, 5) is 0. The molecule has 0 amide bonds. The van der Waals surface area contributed by atoms with Gasteiger partial charge in [-0.25, -0.2) is 0 Å². The summed E-state index contributed by atoms with van der Waals surface area (Å²) in [6.45, 7) is 3.22. The summed E-state index contributed by atoms with van der Waals surface area (Å²) in [5.41, 5.74) is 2.25. The maximum atomic E-state index is 6.00. The van der Waals surface area contributed by atoms with E-state index in [1.807, 2.05) is 60.7 Å². The van der Waals surface area contributed by atoms with E-state index in [0.717, 1.165) is 11.1 Å². The lowest BCUT2D eigenvalue weighted by Gasteiger charge is -2.36. The molecule has 1 aliphatic rings. The van der Waals surface area contributed by atoms with Crippen molar-refractivity contribution in [3.63, 3.8) is 0 Å². The third-order valence-corrected chi connectivity index (χ3v) is 4.05. The van der Waals surface area contributed by atoms with E-state index in [4.69, 9.17) is 18.9 Å². The van der Waals surface area contributed by atoms with Gasteiger partial charge in [-0.1, -0.05) is 60.7 Å². The van der Waals surface area contributed by atoms with Gasteiger partial charge >= 0.3 is 0 Å². The lowest BCUT2D eigenvalue weighted by Crippen LogP contribution is -2.48. The van der Waals surface area contributed by atoms with Crippen LogP contribution >= 0.6 is 0 Å². The van der Waals surface area contributed by atoms with Crippen LogP contribution in [0.15, 0.2) is 60.7 Å². The van der Waals surface area contributed by atoms with E-state index in [-0.39, 0.29) is 18.3 Å². The van der Waals surface area contributed by atoms with Crippen LogP contribution in [0.2, 0.25) is 0 Å². The van der Waals surface area contributed by atoms with Gasteiger partial charge in [0.2, 0.25) is 0 Å². The van der Waals surface area contributed by atoms with Crippen LogP contribution in [0.1, 0.15) is 11.1 Å². The Morgan fingerprint density at radius 1 is 0.875 bits per heavy atom. The molecule has 1 saturated heterocycles. The molecule has 3 atom stereocenters. The van der Waals surface area contributed by atoms with Gasteiger partial charge in [-0.2, -0.15) is 0 Å². The molecular weight excluding hydrogens is 304 g/mol. The number of hydrogen-bond donors (Lipinski definition) is 0. The molecule has 0 aromatic heterocycles. The molecule has 127 valence electrons. The fourth-order valence-electron chi connectivity index (χ4n) is 2.74. The summed E-state index contributed by atoms with van der Waals surface area (Å²) in [7, 11) is 1.68. The van der Waals surface area contributed by atoms with E-state index in [0.29, 0.717) is 19.8 Å². The molecule has 1 fully saturated rings. The molecule has 1 aliphatic heterocycles. The summed E-state index contributed by atoms with van der Waals surface area (Å²) >= 11 is 0. The summed E-state index contributed by atoms with van der Waals surface area (Å²) in [6, 6.07) is 20.1. The number of hydrogen-bond acceptors (Lipinski definition) is 4.